The molecule has 1 N–H and O–H groups in total. The van der Waals surface area contributed by atoms with Gasteiger partial charge in [-0.15, -0.1) is 0 Å². The van der Waals surface area contributed by atoms with E-state index in [2.05, 4.69) is 44.5 Å². The van der Waals surface area contributed by atoms with Gasteiger partial charge in [-0.05, 0) is 54.1 Å². The fourth-order valence-electron chi connectivity index (χ4n) is 3.13. The van der Waals surface area contributed by atoms with Gasteiger partial charge in [0, 0.05) is 30.8 Å². The van der Waals surface area contributed by atoms with Crippen LogP contribution in [0.25, 0.3) is 0 Å². The van der Waals surface area contributed by atoms with E-state index in [4.69, 9.17) is 0 Å². The molecule has 16 heavy (non-hydrogen) atoms. The van der Waals surface area contributed by atoms with Crippen molar-refractivity contribution in [3.8, 4) is 0 Å². The van der Waals surface area contributed by atoms with Crippen LogP contribution in [-0.4, -0.2) is 59.3 Å². The smallest absolute Gasteiger partial charge is 0.0446 e. The maximum atomic E-state index is 9.22. The molecule has 3 nitrogen and oxygen atoms in total. The quantitative estimate of drug-likeness (QED) is 0.794. The van der Waals surface area contributed by atoms with Gasteiger partial charge in [0.1, 0.15) is 0 Å². The number of nitrogens with zero attached hydrogens (tertiary/aromatic N) is 2. The highest BCUT2D eigenvalue weighted by atomic mass is 16.3. The Bertz CT molecular complexity index is 216. The van der Waals surface area contributed by atoms with Crippen LogP contribution in [0.2, 0.25) is 0 Å². The predicted molar refractivity (Wildman–Crippen MR) is 68.7 cm³/mol. The summed E-state index contributed by atoms with van der Waals surface area (Å²) in [7, 11) is 2.18. The molecule has 96 valence electrons. The molecule has 3 heteroatoms. The monoisotopic (exact) mass is 228 g/mol. The van der Waals surface area contributed by atoms with E-state index < -0.39 is 0 Å². The molecule has 1 atom stereocenters. The molecule has 0 radical (unpaired) electrons. The molecule has 0 aromatic rings. The largest absolute Gasteiger partial charge is 0.396 e. The molecule has 0 aromatic heterocycles. The van der Waals surface area contributed by atoms with Gasteiger partial charge in [-0.1, -0.05) is 0 Å². The molecule has 0 aromatic carbocycles. The molecule has 0 bridgehead atoms. The van der Waals surface area contributed by atoms with Crippen molar-refractivity contribution >= 4 is 0 Å². The van der Waals surface area contributed by atoms with E-state index in [9.17, 15) is 5.11 Å². The van der Waals surface area contributed by atoms with Gasteiger partial charge in [0.15, 0.2) is 0 Å². The molecule has 1 rings (SSSR count). The molecule has 0 aliphatic carbocycles. The van der Waals surface area contributed by atoms with Crippen LogP contribution < -0.4 is 0 Å². The van der Waals surface area contributed by atoms with Gasteiger partial charge in [0.25, 0.3) is 0 Å². The lowest BCUT2D eigenvalue weighted by Gasteiger charge is -2.45. The summed E-state index contributed by atoms with van der Waals surface area (Å²) in [5.41, 5.74) is 0.235. The van der Waals surface area contributed by atoms with Gasteiger partial charge >= 0.3 is 0 Å². The first-order valence-electron chi connectivity index (χ1n) is 6.46. The molecular weight excluding hydrogens is 200 g/mol. The fourth-order valence-corrected chi connectivity index (χ4v) is 3.13. The van der Waals surface area contributed by atoms with Crippen LogP contribution in [0.5, 0.6) is 0 Å². The van der Waals surface area contributed by atoms with Crippen LogP contribution in [0, 0.1) is 0 Å². The van der Waals surface area contributed by atoms with E-state index in [1.807, 2.05) is 0 Å². The average Bonchev–Trinajstić information content (AvgIpc) is 2.24. The minimum absolute atomic E-state index is 0.235. The highest BCUT2D eigenvalue weighted by Gasteiger charge is 2.37. The SMILES string of the molecule is CC(C)N1C(CCO)CN(C)CCC1(C)C. The van der Waals surface area contributed by atoms with Crippen molar-refractivity contribution in [1.29, 1.82) is 0 Å². The van der Waals surface area contributed by atoms with E-state index >= 15 is 0 Å². The first-order valence-corrected chi connectivity index (χ1v) is 6.46. The first kappa shape index (κ1) is 13.9. The molecule has 1 aliphatic rings. The van der Waals surface area contributed by atoms with Crippen LogP contribution in [0.4, 0.5) is 0 Å². The molecule has 0 saturated carbocycles. The first-order chi connectivity index (χ1) is 7.38. The van der Waals surface area contributed by atoms with E-state index in [1.165, 1.54) is 6.42 Å². The zero-order valence-electron chi connectivity index (χ0n) is 11.5. The third-order valence-corrected chi connectivity index (χ3v) is 3.74. The molecule has 1 heterocycles. The standard InChI is InChI=1S/C13H28N2O/c1-11(2)15-12(6-9-16)10-14(5)8-7-13(15,3)4/h11-12,16H,6-10H2,1-5H3. The summed E-state index contributed by atoms with van der Waals surface area (Å²) in [6.45, 7) is 11.7. The van der Waals surface area contributed by atoms with Crippen molar-refractivity contribution in [2.75, 3.05) is 26.7 Å². The summed E-state index contributed by atoms with van der Waals surface area (Å²) < 4.78 is 0. The topological polar surface area (TPSA) is 26.7 Å². The van der Waals surface area contributed by atoms with Crippen LogP contribution in [-0.2, 0) is 0 Å². The van der Waals surface area contributed by atoms with Gasteiger partial charge < -0.3 is 10.0 Å². The summed E-state index contributed by atoms with van der Waals surface area (Å²) >= 11 is 0. The highest BCUT2D eigenvalue weighted by Crippen LogP contribution is 2.29. The number of likely N-dealkylation sites (N-methyl/N-ethyl adjacent to an activating group) is 1. The van der Waals surface area contributed by atoms with E-state index in [0.29, 0.717) is 12.1 Å². The summed E-state index contributed by atoms with van der Waals surface area (Å²) in [6.07, 6.45) is 2.08. The van der Waals surface area contributed by atoms with E-state index in [1.54, 1.807) is 0 Å². The Kier molecular flexibility index (Phi) is 4.77. The van der Waals surface area contributed by atoms with Crippen LogP contribution in [0.15, 0.2) is 0 Å². The van der Waals surface area contributed by atoms with Crippen molar-refractivity contribution in [2.24, 2.45) is 0 Å². The van der Waals surface area contributed by atoms with Crippen molar-refractivity contribution in [3.05, 3.63) is 0 Å². The lowest BCUT2D eigenvalue weighted by Crippen LogP contribution is -2.54. The lowest BCUT2D eigenvalue weighted by atomic mass is 9.94. The molecule has 0 spiro atoms. The maximum absolute atomic E-state index is 9.22. The van der Waals surface area contributed by atoms with Crippen molar-refractivity contribution in [3.63, 3.8) is 0 Å². The summed E-state index contributed by atoms with van der Waals surface area (Å²) in [4.78, 5) is 4.98. The lowest BCUT2D eigenvalue weighted by molar-refractivity contribution is 0.0312. The zero-order valence-corrected chi connectivity index (χ0v) is 11.5. The number of hydrogen-bond acceptors (Lipinski definition) is 3. The Hall–Kier alpha value is -0.120. The molecule has 0 amide bonds. The Morgan fingerprint density at radius 3 is 2.50 bits per heavy atom. The van der Waals surface area contributed by atoms with Crippen LogP contribution in [0.3, 0.4) is 0 Å². The third kappa shape index (κ3) is 3.19. The van der Waals surface area contributed by atoms with E-state index in [0.717, 1.165) is 19.5 Å². The Morgan fingerprint density at radius 1 is 1.38 bits per heavy atom. The second-order valence-electron chi connectivity index (χ2n) is 5.99. The zero-order chi connectivity index (χ0) is 12.3. The van der Waals surface area contributed by atoms with Crippen molar-refractivity contribution < 1.29 is 5.11 Å². The normalized spacial score (nSPS) is 28.3. The fraction of sp³-hybridized carbons (Fsp3) is 1.00. The molecule has 1 saturated heterocycles. The predicted octanol–water partition coefficient (Wildman–Crippen LogP) is 1.56. The maximum Gasteiger partial charge on any atom is 0.0446 e. The van der Waals surface area contributed by atoms with Gasteiger partial charge in [0.05, 0.1) is 0 Å². The number of aliphatic hydroxyl groups is 1. The summed E-state index contributed by atoms with van der Waals surface area (Å²) in [5.74, 6) is 0. The van der Waals surface area contributed by atoms with Crippen molar-refractivity contribution in [2.45, 2.75) is 58.2 Å². The average molecular weight is 228 g/mol. The Morgan fingerprint density at radius 2 is 2.00 bits per heavy atom. The minimum atomic E-state index is 0.235. The van der Waals surface area contributed by atoms with Gasteiger partial charge in [-0.3, -0.25) is 4.90 Å². The Labute approximate surface area is 100 Å². The number of rotatable bonds is 3. The van der Waals surface area contributed by atoms with Gasteiger partial charge in [0.2, 0.25) is 0 Å². The molecular formula is C13H28N2O. The third-order valence-electron chi connectivity index (χ3n) is 3.74. The Balaban J connectivity index is 2.89. The second kappa shape index (κ2) is 5.48. The summed E-state index contributed by atoms with van der Waals surface area (Å²) in [6, 6.07) is 1.02. The van der Waals surface area contributed by atoms with Gasteiger partial charge in [-0.2, -0.15) is 0 Å². The van der Waals surface area contributed by atoms with Crippen molar-refractivity contribution in [1.82, 2.24) is 9.80 Å². The van der Waals surface area contributed by atoms with E-state index in [-0.39, 0.29) is 12.1 Å². The summed E-state index contributed by atoms with van der Waals surface area (Å²) in [5, 5.41) is 9.22. The minimum Gasteiger partial charge on any atom is -0.396 e. The molecule has 1 aliphatic heterocycles. The number of hydrogen-bond donors (Lipinski definition) is 1. The highest BCUT2D eigenvalue weighted by molar-refractivity contribution is 4.93. The van der Waals surface area contributed by atoms with Crippen LogP contribution in [0.1, 0.15) is 40.5 Å². The molecule has 1 unspecified atom stereocenters. The van der Waals surface area contributed by atoms with Gasteiger partial charge in [-0.25, -0.2) is 0 Å². The molecule has 1 fully saturated rings. The second-order valence-corrected chi connectivity index (χ2v) is 5.99. The number of aliphatic hydroxyl groups excluding tert-OH is 1. The van der Waals surface area contributed by atoms with Crippen LogP contribution >= 0.6 is 0 Å².